The number of carbonyl (C=O) groups excluding carboxylic acids is 1. The maximum atomic E-state index is 13.7. The number of nitrogens with zero attached hydrogens (tertiary/aromatic N) is 1. The zero-order chi connectivity index (χ0) is 14.2. The van der Waals surface area contributed by atoms with E-state index in [1.54, 1.807) is 0 Å². The molecule has 6 heteroatoms. The maximum absolute atomic E-state index is 13.7. The van der Waals surface area contributed by atoms with Gasteiger partial charge in [-0.2, -0.15) is 0 Å². The van der Waals surface area contributed by atoms with Crippen molar-refractivity contribution in [3.63, 3.8) is 0 Å². The van der Waals surface area contributed by atoms with Crippen LogP contribution in [0.5, 0.6) is 0 Å². The number of rotatable bonds is 1. The monoisotopic (exact) mass is 283 g/mol. The molecule has 2 heterocycles. The summed E-state index contributed by atoms with van der Waals surface area (Å²) in [6.45, 7) is 1.62. The quantitative estimate of drug-likeness (QED) is 0.790. The maximum Gasteiger partial charge on any atom is 0.260 e. The van der Waals surface area contributed by atoms with Crippen molar-refractivity contribution in [1.82, 2.24) is 4.90 Å². The fourth-order valence-corrected chi connectivity index (χ4v) is 2.75. The number of carbonyl (C=O) groups is 1. The standard InChI is InChI=1S/C14H15F2NO3/c15-10-3-1-4-11(16)12(10)13(18)17-6-2-5-14(9-17)19-7-8-20-14/h1,3-4H,2,5-9H2. The molecule has 1 aromatic carbocycles. The first-order valence-corrected chi connectivity index (χ1v) is 6.62. The first-order chi connectivity index (χ1) is 9.61. The summed E-state index contributed by atoms with van der Waals surface area (Å²) in [6.07, 6.45) is 1.37. The summed E-state index contributed by atoms with van der Waals surface area (Å²) < 4.78 is 38.5. The van der Waals surface area contributed by atoms with E-state index in [2.05, 4.69) is 0 Å². The highest BCUT2D eigenvalue weighted by Gasteiger charge is 2.42. The lowest BCUT2D eigenvalue weighted by Crippen LogP contribution is -2.51. The van der Waals surface area contributed by atoms with E-state index in [-0.39, 0.29) is 6.54 Å². The zero-order valence-corrected chi connectivity index (χ0v) is 10.9. The molecule has 0 bridgehead atoms. The van der Waals surface area contributed by atoms with E-state index < -0.39 is 28.9 Å². The topological polar surface area (TPSA) is 38.8 Å². The van der Waals surface area contributed by atoms with Crippen molar-refractivity contribution in [2.75, 3.05) is 26.3 Å². The van der Waals surface area contributed by atoms with Crippen molar-refractivity contribution in [3.8, 4) is 0 Å². The molecule has 0 aromatic heterocycles. The van der Waals surface area contributed by atoms with Gasteiger partial charge in [-0.25, -0.2) is 8.78 Å². The van der Waals surface area contributed by atoms with Crippen LogP contribution in [0.25, 0.3) is 0 Å². The Labute approximate surface area is 115 Å². The number of amides is 1. The van der Waals surface area contributed by atoms with Gasteiger partial charge in [0.25, 0.3) is 5.91 Å². The number of hydrogen-bond acceptors (Lipinski definition) is 3. The van der Waals surface area contributed by atoms with Crippen molar-refractivity contribution >= 4 is 5.91 Å². The van der Waals surface area contributed by atoms with E-state index in [0.717, 1.165) is 12.1 Å². The first kappa shape index (κ1) is 13.5. The largest absolute Gasteiger partial charge is 0.346 e. The minimum atomic E-state index is -0.845. The molecule has 0 N–H and O–H groups in total. The lowest BCUT2D eigenvalue weighted by Gasteiger charge is -2.38. The van der Waals surface area contributed by atoms with Crippen LogP contribution in [0.15, 0.2) is 18.2 Å². The Bertz CT molecular complexity index is 509. The Morgan fingerprint density at radius 1 is 1.20 bits per heavy atom. The molecule has 2 aliphatic rings. The van der Waals surface area contributed by atoms with Gasteiger partial charge >= 0.3 is 0 Å². The van der Waals surface area contributed by atoms with Crippen molar-refractivity contribution in [3.05, 3.63) is 35.4 Å². The summed E-state index contributed by atoms with van der Waals surface area (Å²) in [5.41, 5.74) is -0.512. The van der Waals surface area contributed by atoms with Crippen LogP contribution in [-0.2, 0) is 9.47 Å². The molecule has 0 unspecified atom stereocenters. The summed E-state index contributed by atoms with van der Waals surface area (Å²) in [6, 6.07) is 3.40. The van der Waals surface area contributed by atoms with E-state index in [1.807, 2.05) is 0 Å². The molecular weight excluding hydrogens is 268 g/mol. The van der Waals surface area contributed by atoms with Gasteiger partial charge in [-0.15, -0.1) is 0 Å². The normalized spacial score (nSPS) is 21.4. The zero-order valence-electron chi connectivity index (χ0n) is 10.9. The van der Waals surface area contributed by atoms with Gasteiger partial charge in [0, 0.05) is 13.0 Å². The third kappa shape index (κ3) is 2.29. The smallest absolute Gasteiger partial charge is 0.260 e. The fourth-order valence-electron chi connectivity index (χ4n) is 2.75. The Morgan fingerprint density at radius 3 is 2.50 bits per heavy atom. The number of likely N-dealkylation sites (tertiary alicyclic amines) is 1. The molecule has 1 spiro atoms. The van der Waals surface area contributed by atoms with Crippen LogP contribution in [0.2, 0.25) is 0 Å². The molecule has 4 nitrogen and oxygen atoms in total. The second kappa shape index (κ2) is 5.10. The molecule has 1 aromatic rings. The molecule has 0 saturated carbocycles. The molecule has 0 aliphatic carbocycles. The van der Waals surface area contributed by atoms with Crippen molar-refractivity contribution in [2.45, 2.75) is 18.6 Å². The molecule has 1 amide bonds. The Morgan fingerprint density at radius 2 is 1.85 bits per heavy atom. The number of benzene rings is 1. The summed E-state index contributed by atoms with van der Waals surface area (Å²) in [4.78, 5) is 13.7. The molecule has 108 valence electrons. The van der Waals surface area contributed by atoms with E-state index in [1.165, 1.54) is 11.0 Å². The number of ether oxygens (including phenoxy) is 2. The van der Waals surface area contributed by atoms with E-state index >= 15 is 0 Å². The van der Waals surface area contributed by atoms with Gasteiger partial charge in [0.15, 0.2) is 5.79 Å². The predicted molar refractivity (Wildman–Crippen MR) is 66.1 cm³/mol. The van der Waals surface area contributed by atoms with Crippen molar-refractivity contribution < 1.29 is 23.0 Å². The number of halogens is 2. The van der Waals surface area contributed by atoms with Crippen LogP contribution in [0.4, 0.5) is 8.78 Å². The predicted octanol–water partition coefficient (Wildman–Crippen LogP) is 1.94. The number of piperidine rings is 1. The highest BCUT2D eigenvalue weighted by atomic mass is 19.1. The van der Waals surface area contributed by atoms with Gasteiger partial charge in [-0.05, 0) is 18.6 Å². The molecule has 0 radical (unpaired) electrons. The molecular formula is C14H15F2NO3. The Balaban J connectivity index is 1.83. The molecule has 2 aliphatic heterocycles. The molecule has 3 rings (SSSR count). The summed E-state index contributed by atoms with van der Waals surface area (Å²) in [5.74, 6) is -3.14. The van der Waals surface area contributed by atoms with Crippen LogP contribution < -0.4 is 0 Å². The van der Waals surface area contributed by atoms with Gasteiger partial charge in [-0.3, -0.25) is 4.79 Å². The summed E-state index contributed by atoms with van der Waals surface area (Å²) in [7, 11) is 0. The second-order valence-corrected chi connectivity index (χ2v) is 5.03. The van der Waals surface area contributed by atoms with Crippen molar-refractivity contribution in [1.29, 1.82) is 0 Å². The SMILES string of the molecule is O=C(c1c(F)cccc1F)N1CCCC2(C1)OCCO2. The van der Waals surface area contributed by atoms with E-state index in [9.17, 15) is 13.6 Å². The Hall–Kier alpha value is -1.53. The minimum Gasteiger partial charge on any atom is -0.346 e. The first-order valence-electron chi connectivity index (χ1n) is 6.62. The highest BCUT2D eigenvalue weighted by Crippen LogP contribution is 2.31. The molecule has 2 fully saturated rings. The highest BCUT2D eigenvalue weighted by molar-refractivity contribution is 5.94. The second-order valence-electron chi connectivity index (χ2n) is 5.03. The van der Waals surface area contributed by atoms with E-state index in [4.69, 9.17) is 9.47 Å². The van der Waals surface area contributed by atoms with Crippen LogP contribution in [0.3, 0.4) is 0 Å². The van der Waals surface area contributed by atoms with Gasteiger partial charge in [0.2, 0.25) is 0 Å². The van der Waals surface area contributed by atoms with Crippen LogP contribution >= 0.6 is 0 Å². The Kier molecular flexibility index (Phi) is 3.43. The van der Waals surface area contributed by atoms with Gasteiger partial charge < -0.3 is 14.4 Å². The number of hydrogen-bond donors (Lipinski definition) is 0. The summed E-state index contributed by atoms with van der Waals surface area (Å²) >= 11 is 0. The molecule has 2 saturated heterocycles. The lowest BCUT2D eigenvalue weighted by atomic mass is 10.0. The fraction of sp³-hybridized carbons (Fsp3) is 0.500. The van der Waals surface area contributed by atoms with Gasteiger partial charge in [-0.1, -0.05) is 6.07 Å². The van der Waals surface area contributed by atoms with Gasteiger partial charge in [0.05, 0.1) is 19.8 Å². The van der Waals surface area contributed by atoms with Gasteiger partial charge in [0.1, 0.15) is 17.2 Å². The van der Waals surface area contributed by atoms with Crippen LogP contribution in [-0.4, -0.2) is 42.9 Å². The molecule has 0 atom stereocenters. The molecule has 20 heavy (non-hydrogen) atoms. The minimum absolute atomic E-state index is 0.208. The average Bonchev–Trinajstić information content (AvgIpc) is 2.86. The third-order valence-corrected chi connectivity index (χ3v) is 3.69. The lowest BCUT2D eigenvalue weighted by molar-refractivity contribution is -0.183. The van der Waals surface area contributed by atoms with Crippen molar-refractivity contribution in [2.24, 2.45) is 0 Å². The average molecular weight is 283 g/mol. The van der Waals surface area contributed by atoms with E-state index in [0.29, 0.717) is 32.6 Å². The van der Waals surface area contributed by atoms with Crippen LogP contribution in [0, 0.1) is 11.6 Å². The van der Waals surface area contributed by atoms with Crippen LogP contribution in [0.1, 0.15) is 23.2 Å². The summed E-state index contributed by atoms with van der Waals surface area (Å²) in [5, 5.41) is 0. The third-order valence-electron chi connectivity index (χ3n) is 3.69.